The van der Waals surface area contributed by atoms with Crippen LogP contribution in [0, 0.1) is 17.6 Å². The average Bonchev–Trinajstić information content (AvgIpc) is 2.83. The molecule has 0 saturated carbocycles. The molecule has 160 valence electrons. The molecular formula is C21H30BF2NO4. The first-order valence-corrected chi connectivity index (χ1v) is 10.3. The molecule has 0 atom stereocenters. The van der Waals surface area contributed by atoms with Crippen molar-refractivity contribution in [3.63, 3.8) is 0 Å². The maximum atomic E-state index is 14.9. The zero-order chi connectivity index (χ0) is 21.4. The van der Waals surface area contributed by atoms with Crippen LogP contribution in [-0.2, 0) is 18.8 Å². The highest BCUT2D eigenvalue weighted by molar-refractivity contribution is 6.62. The number of carbonyl (C=O) groups is 1. The van der Waals surface area contributed by atoms with Gasteiger partial charge in [-0.1, -0.05) is 0 Å². The highest BCUT2D eigenvalue weighted by atomic mass is 19.1. The van der Waals surface area contributed by atoms with Gasteiger partial charge in [-0.2, -0.15) is 0 Å². The SMILES string of the molecule is CCOC(=O)CC1CCN(c2c(F)cc(B3OC(C)(C)C(C)(C)O3)cc2F)CC1. The number of anilines is 1. The van der Waals surface area contributed by atoms with E-state index in [9.17, 15) is 13.6 Å². The van der Waals surface area contributed by atoms with Gasteiger partial charge in [-0.05, 0) is 71.0 Å². The summed E-state index contributed by atoms with van der Waals surface area (Å²) in [6.07, 6.45) is 1.74. The third-order valence-electron chi connectivity index (χ3n) is 6.26. The lowest BCUT2D eigenvalue weighted by Gasteiger charge is -2.33. The number of hydrogen-bond donors (Lipinski definition) is 0. The molecule has 0 aliphatic carbocycles. The predicted molar refractivity (Wildman–Crippen MR) is 108 cm³/mol. The Hall–Kier alpha value is -1.67. The first-order chi connectivity index (χ1) is 13.5. The average molecular weight is 409 g/mol. The fourth-order valence-electron chi connectivity index (χ4n) is 3.82. The quantitative estimate of drug-likeness (QED) is 0.551. The van der Waals surface area contributed by atoms with Crippen molar-refractivity contribution in [3.8, 4) is 0 Å². The summed E-state index contributed by atoms with van der Waals surface area (Å²) >= 11 is 0. The standard InChI is InChI=1S/C21H30BF2NO4/c1-6-27-18(26)11-14-7-9-25(10-8-14)19-16(23)12-15(13-17(19)24)22-28-20(2,3)21(4,5)29-22/h12-14H,6-11H2,1-5H3. The van der Waals surface area contributed by atoms with Crippen molar-refractivity contribution in [3.05, 3.63) is 23.8 Å². The number of halogens is 2. The Morgan fingerprint density at radius 1 is 1.14 bits per heavy atom. The number of hydrogen-bond acceptors (Lipinski definition) is 5. The second kappa shape index (κ2) is 8.22. The molecule has 2 heterocycles. The third-order valence-corrected chi connectivity index (χ3v) is 6.26. The molecule has 29 heavy (non-hydrogen) atoms. The van der Waals surface area contributed by atoms with Crippen LogP contribution in [0.25, 0.3) is 0 Å². The van der Waals surface area contributed by atoms with Crippen molar-refractivity contribution >= 4 is 24.2 Å². The van der Waals surface area contributed by atoms with Crippen LogP contribution in [0.1, 0.15) is 53.9 Å². The normalized spacial score (nSPS) is 21.5. The van der Waals surface area contributed by atoms with Crippen molar-refractivity contribution in [2.75, 3.05) is 24.6 Å². The summed E-state index contributed by atoms with van der Waals surface area (Å²) < 4.78 is 46.5. The Morgan fingerprint density at radius 3 is 2.14 bits per heavy atom. The zero-order valence-electron chi connectivity index (χ0n) is 17.9. The van der Waals surface area contributed by atoms with E-state index >= 15 is 0 Å². The molecule has 0 aromatic heterocycles. The number of rotatable bonds is 5. The first-order valence-electron chi connectivity index (χ1n) is 10.3. The van der Waals surface area contributed by atoms with E-state index in [1.54, 1.807) is 11.8 Å². The van der Waals surface area contributed by atoms with Gasteiger partial charge in [-0.15, -0.1) is 0 Å². The van der Waals surface area contributed by atoms with Crippen molar-refractivity contribution < 1.29 is 27.6 Å². The van der Waals surface area contributed by atoms with Crippen molar-refractivity contribution in [2.24, 2.45) is 5.92 Å². The molecule has 0 unspecified atom stereocenters. The van der Waals surface area contributed by atoms with Gasteiger partial charge in [0.25, 0.3) is 0 Å². The maximum Gasteiger partial charge on any atom is 0.495 e. The van der Waals surface area contributed by atoms with Crippen LogP contribution in [0.15, 0.2) is 12.1 Å². The van der Waals surface area contributed by atoms with Crippen molar-refractivity contribution in [2.45, 2.75) is 65.1 Å². The molecule has 0 bridgehead atoms. The molecule has 0 radical (unpaired) electrons. The molecule has 3 rings (SSSR count). The van der Waals surface area contributed by atoms with Gasteiger partial charge >= 0.3 is 13.1 Å². The molecule has 2 aliphatic heterocycles. The number of carbonyl (C=O) groups excluding carboxylic acids is 1. The van der Waals surface area contributed by atoms with E-state index in [1.807, 2.05) is 27.7 Å². The molecule has 1 aromatic carbocycles. The predicted octanol–water partition coefficient (Wildman–Crippen LogP) is 3.43. The summed E-state index contributed by atoms with van der Waals surface area (Å²) in [6, 6.07) is 2.59. The van der Waals surface area contributed by atoms with Crippen LogP contribution in [0.2, 0.25) is 0 Å². The summed E-state index contributed by atoms with van der Waals surface area (Å²) in [5.41, 5.74) is -0.853. The lowest BCUT2D eigenvalue weighted by molar-refractivity contribution is -0.144. The molecule has 1 aromatic rings. The number of nitrogens with zero attached hydrogens (tertiary/aromatic N) is 1. The Morgan fingerprint density at radius 2 is 1.66 bits per heavy atom. The minimum atomic E-state index is -0.812. The summed E-state index contributed by atoms with van der Waals surface area (Å²) in [5, 5.41) is 0. The number of benzene rings is 1. The molecule has 2 fully saturated rings. The van der Waals surface area contributed by atoms with E-state index in [2.05, 4.69) is 0 Å². The minimum Gasteiger partial charge on any atom is -0.466 e. The molecule has 0 spiro atoms. The fourth-order valence-corrected chi connectivity index (χ4v) is 3.82. The fraction of sp³-hybridized carbons (Fsp3) is 0.667. The van der Waals surface area contributed by atoms with Gasteiger partial charge < -0.3 is 18.9 Å². The molecule has 8 heteroatoms. The van der Waals surface area contributed by atoms with Gasteiger partial charge in [0.2, 0.25) is 0 Å². The molecule has 5 nitrogen and oxygen atoms in total. The van der Waals surface area contributed by atoms with Gasteiger partial charge in [0.1, 0.15) is 17.3 Å². The largest absolute Gasteiger partial charge is 0.495 e. The number of esters is 1. The van der Waals surface area contributed by atoms with E-state index < -0.39 is 30.0 Å². The number of piperidine rings is 1. The topological polar surface area (TPSA) is 48.0 Å². The lowest BCUT2D eigenvalue weighted by Crippen LogP contribution is -2.41. The smallest absolute Gasteiger partial charge is 0.466 e. The van der Waals surface area contributed by atoms with Crippen molar-refractivity contribution in [1.29, 1.82) is 0 Å². The summed E-state index contributed by atoms with van der Waals surface area (Å²) in [5.74, 6) is -1.28. The van der Waals surface area contributed by atoms with Gasteiger partial charge in [-0.3, -0.25) is 4.79 Å². The Labute approximate surface area is 171 Å². The molecule has 2 aliphatic rings. The minimum absolute atomic E-state index is 0.0279. The Bertz CT molecular complexity index is 724. The Kier molecular flexibility index (Phi) is 6.25. The second-order valence-electron chi connectivity index (χ2n) is 8.86. The van der Waals surface area contributed by atoms with Crippen molar-refractivity contribution in [1.82, 2.24) is 0 Å². The van der Waals surface area contributed by atoms with Crippen LogP contribution < -0.4 is 10.4 Å². The van der Waals surface area contributed by atoms with E-state index in [0.29, 0.717) is 44.4 Å². The van der Waals surface area contributed by atoms with Gasteiger partial charge in [0.15, 0.2) is 0 Å². The number of ether oxygens (including phenoxy) is 1. The summed E-state index contributed by atoms with van der Waals surface area (Å²) in [6.45, 7) is 10.7. The van der Waals surface area contributed by atoms with E-state index in [-0.39, 0.29) is 17.6 Å². The van der Waals surface area contributed by atoms with Crippen LogP contribution in [0.4, 0.5) is 14.5 Å². The van der Waals surface area contributed by atoms with Crippen LogP contribution >= 0.6 is 0 Å². The van der Waals surface area contributed by atoms with Crippen LogP contribution in [0.5, 0.6) is 0 Å². The van der Waals surface area contributed by atoms with Gasteiger partial charge in [-0.25, -0.2) is 8.78 Å². The molecule has 0 N–H and O–H groups in total. The molecule has 2 saturated heterocycles. The first kappa shape index (κ1) is 22.0. The highest BCUT2D eigenvalue weighted by Gasteiger charge is 2.52. The second-order valence-corrected chi connectivity index (χ2v) is 8.86. The Balaban J connectivity index is 1.69. The monoisotopic (exact) mass is 409 g/mol. The van der Waals surface area contributed by atoms with Gasteiger partial charge in [0.05, 0.1) is 17.8 Å². The lowest BCUT2D eigenvalue weighted by atomic mass is 9.78. The summed E-state index contributed by atoms with van der Waals surface area (Å²) in [4.78, 5) is 13.4. The van der Waals surface area contributed by atoms with Gasteiger partial charge in [0, 0.05) is 19.5 Å². The summed E-state index contributed by atoms with van der Waals surface area (Å²) in [7, 11) is -0.812. The van der Waals surface area contributed by atoms with Crippen LogP contribution in [-0.4, -0.2) is 44.0 Å². The highest BCUT2D eigenvalue weighted by Crippen LogP contribution is 2.37. The zero-order valence-corrected chi connectivity index (χ0v) is 17.9. The molecular weight excluding hydrogens is 379 g/mol. The van der Waals surface area contributed by atoms with E-state index in [4.69, 9.17) is 14.0 Å². The van der Waals surface area contributed by atoms with E-state index in [0.717, 1.165) is 0 Å². The third kappa shape index (κ3) is 4.58. The maximum absolute atomic E-state index is 14.9. The van der Waals surface area contributed by atoms with E-state index in [1.165, 1.54) is 12.1 Å². The van der Waals surface area contributed by atoms with Crippen LogP contribution in [0.3, 0.4) is 0 Å². The molecule has 0 amide bonds.